The zero-order chi connectivity index (χ0) is 13.0. The zero-order valence-corrected chi connectivity index (χ0v) is 10.6. The number of benzene rings is 1. The van der Waals surface area contributed by atoms with E-state index in [9.17, 15) is 4.79 Å². The Morgan fingerprint density at radius 1 is 1.22 bits per heavy atom. The van der Waals surface area contributed by atoms with Gasteiger partial charge in [0.1, 0.15) is 5.76 Å². The van der Waals surface area contributed by atoms with E-state index in [1.54, 1.807) is 6.26 Å². The van der Waals surface area contributed by atoms with Crippen LogP contribution in [0.4, 0.5) is 5.69 Å². The number of furan rings is 1. The standard InChI is InChI=1S/C15H17NO2/c1-11(2)15(17)12-5-7-13(8-6-12)16-10-14-4-3-9-18-14/h3-9,11,16H,10H2,1-2H3. The van der Waals surface area contributed by atoms with Gasteiger partial charge in [0.25, 0.3) is 0 Å². The largest absolute Gasteiger partial charge is 0.467 e. The van der Waals surface area contributed by atoms with Crippen LogP contribution in [0.15, 0.2) is 47.1 Å². The van der Waals surface area contributed by atoms with Crippen LogP contribution in [0.25, 0.3) is 0 Å². The number of nitrogens with one attached hydrogen (secondary N) is 1. The summed E-state index contributed by atoms with van der Waals surface area (Å²) < 4.78 is 5.23. The third-order valence-electron chi connectivity index (χ3n) is 2.74. The molecule has 94 valence electrons. The summed E-state index contributed by atoms with van der Waals surface area (Å²) >= 11 is 0. The lowest BCUT2D eigenvalue weighted by molar-refractivity contribution is 0.0939. The number of hydrogen-bond donors (Lipinski definition) is 1. The highest BCUT2D eigenvalue weighted by molar-refractivity contribution is 5.97. The van der Waals surface area contributed by atoms with Crippen LogP contribution in [0.1, 0.15) is 30.0 Å². The Hall–Kier alpha value is -2.03. The Morgan fingerprint density at radius 3 is 2.50 bits per heavy atom. The van der Waals surface area contributed by atoms with Gasteiger partial charge in [0.2, 0.25) is 0 Å². The first-order valence-corrected chi connectivity index (χ1v) is 6.07. The normalized spacial score (nSPS) is 10.6. The molecule has 3 heteroatoms. The average molecular weight is 243 g/mol. The molecule has 18 heavy (non-hydrogen) atoms. The molecule has 1 aromatic heterocycles. The van der Waals surface area contributed by atoms with Gasteiger partial charge in [0.15, 0.2) is 5.78 Å². The zero-order valence-electron chi connectivity index (χ0n) is 10.6. The topological polar surface area (TPSA) is 42.2 Å². The summed E-state index contributed by atoms with van der Waals surface area (Å²) in [6.45, 7) is 4.46. The molecular weight excluding hydrogens is 226 g/mol. The van der Waals surface area contributed by atoms with Crippen molar-refractivity contribution in [2.24, 2.45) is 5.92 Å². The van der Waals surface area contributed by atoms with E-state index in [2.05, 4.69) is 5.32 Å². The van der Waals surface area contributed by atoms with E-state index >= 15 is 0 Å². The maximum Gasteiger partial charge on any atom is 0.165 e. The van der Waals surface area contributed by atoms with Crippen LogP contribution < -0.4 is 5.32 Å². The Balaban J connectivity index is 1.97. The first-order valence-electron chi connectivity index (χ1n) is 6.07. The van der Waals surface area contributed by atoms with Crippen molar-refractivity contribution in [3.8, 4) is 0 Å². The maximum atomic E-state index is 11.8. The highest BCUT2D eigenvalue weighted by Gasteiger charge is 2.09. The Morgan fingerprint density at radius 2 is 1.94 bits per heavy atom. The summed E-state index contributed by atoms with van der Waals surface area (Å²) in [5.41, 5.74) is 1.74. The molecule has 0 aliphatic heterocycles. The highest BCUT2D eigenvalue weighted by Crippen LogP contribution is 2.14. The van der Waals surface area contributed by atoms with Crippen molar-refractivity contribution in [3.05, 3.63) is 54.0 Å². The lowest BCUT2D eigenvalue weighted by Crippen LogP contribution is -2.07. The number of rotatable bonds is 5. The molecule has 2 aromatic rings. The average Bonchev–Trinajstić information content (AvgIpc) is 2.89. The number of hydrogen-bond acceptors (Lipinski definition) is 3. The fraction of sp³-hybridized carbons (Fsp3) is 0.267. The van der Waals surface area contributed by atoms with Crippen LogP contribution in [-0.4, -0.2) is 5.78 Å². The van der Waals surface area contributed by atoms with E-state index in [4.69, 9.17) is 4.42 Å². The molecule has 0 saturated heterocycles. The first-order chi connectivity index (χ1) is 8.66. The molecule has 0 atom stereocenters. The Bertz CT molecular complexity index is 498. The fourth-order valence-corrected chi connectivity index (χ4v) is 1.69. The second kappa shape index (κ2) is 5.54. The number of Topliss-reactive ketones (excluding diaryl/α,β-unsaturated/α-hetero) is 1. The van der Waals surface area contributed by atoms with Gasteiger partial charge in [0.05, 0.1) is 12.8 Å². The molecule has 1 aromatic carbocycles. The van der Waals surface area contributed by atoms with Crippen molar-refractivity contribution in [3.63, 3.8) is 0 Å². The van der Waals surface area contributed by atoms with Crippen LogP contribution in [0.2, 0.25) is 0 Å². The summed E-state index contributed by atoms with van der Waals surface area (Å²) in [6, 6.07) is 11.3. The first kappa shape index (κ1) is 12.4. The van der Waals surface area contributed by atoms with E-state index in [1.165, 1.54) is 0 Å². The summed E-state index contributed by atoms with van der Waals surface area (Å²) in [7, 11) is 0. The summed E-state index contributed by atoms with van der Waals surface area (Å²) in [6.07, 6.45) is 1.65. The van der Waals surface area contributed by atoms with Crippen LogP contribution in [0, 0.1) is 5.92 Å². The maximum absolute atomic E-state index is 11.8. The predicted octanol–water partition coefficient (Wildman–Crippen LogP) is 3.73. The van der Waals surface area contributed by atoms with Gasteiger partial charge >= 0.3 is 0 Å². The molecule has 3 nitrogen and oxygen atoms in total. The smallest absolute Gasteiger partial charge is 0.165 e. The molecular formula is C15H17NO2. The van der Waals surface area contributed by atoms with Gasteiger partial charge in [-0.3, -0.25) is 4.79 Å². The third-order valence-corrected chi connectivity index (χ3v) is 2.74. The molecule has 0 aliphatic carbocycles. The summed E-state index contributed by atoms with van der Waals surface area (Å²) in [5.74, 6) is 1.09. The molecule has 0 saturated carbocycles. The van der Waals surface area contributed by atoms with Gasteiger partial charge in [-0.05, 0) is 36.4 Å². The predicted molar refractivity (Wildman–Crippen MR) is 71.6 cm³/mol. The van der Waals surface area contributed by atoms with Crippen LogP contribution >= 0.6 is 0 Å². The SMILES string of the molecule is CC(C)C(=O)c1ccc(NCc2ccco2)cc1. The Labute approximate surface area is 107 Å². The molecule has 0 unspecified atom stereocenters. The van der Waals surface area contributed by atoms with Crippen molar-refractivity contribution >= 4 is 11.5 Å². The van der Waals surface area contributed by atoms with Crippen LogP contribution in [0.3, 0.4) is 0 Å². The van der Waals surface area contributed by atoms with Gasteiger partial charge in [-0.25, -0.2) is 0 Å². The minimum Gasteiger partial charge on any atom is -0.467 e. The molecule has 2 rings (SSSR count). The quantitative estimate of drug-likeness (QED) is 0.813. The molecule has 1 heterocycles. The molecule has 0 spiro atoms. The number of carbonyl (C=O) groups is 1. The molecule has 0 radical (unpaired) electrons. The van der Waals surface area contributed by atoms with Gasteiger partial charge < -0.3 is 9.73 Å². The van der Waals surface area contributed by atoms with Crippen molar-refractivity contribution in [1.29, 1.82) is 0 Å². The summed E-state index contributed by atoms with van der Waals surface area (Å²) in [4.78, 5) is 11.8. The Kier molecular flexibility index (Phi) is 3.82. The van der Waals surface area contributed by atoms with Gasteiger partial charge in [-0.2, -0.15) is 0 Å². The number of anilines is 1. The second-order valence-corrected chi connectivity index (χ2v) is 4.53. The third kappa shape index (κ3) is 3.00. The van der Waals surface area contributed by atoms with Crippen molar-refractivity contribution in [2.45, 2.75) is 20.4 Å². The van der Waals surface area contributed by atoms with E-state index in [-0.39, 0.29) is 11.7 Å². The second-order valence-electron chi connectivity index (χ2n) is 4.53. The number of ketones is 1. The van der Waals surface area contributed by atoms with E-state index in [0.29, 0.717) is 6.54 Å². The number of carbonyl (C=O) groups excluding carboxylic acids is 1. The highest BCUT2D eigenvalue weighted by atomic mass is 16.3. The van der Waals surface area contributed by atoms with Crippen molar-refractivity contribution in [1.82, 2.24) is 0 Å². The van der Waals surface area contributed by atoms with Gasteiger partial charge in [-0.1, -0.05) is 13.8 Å². The van der Waals surface area contributed by atoms with Gasteiger partial charge in [0, 0.05) is 17.2 Å². The lowest BCUT2D eigenvalue weighted by atomic mass is 10.0. The molecule has 0 aliphatic rings. The molecule has 0 fully saturated rings. The fourth-order valence-electron chi connectivity index (χ4n) is 1.69. The molecule has 0 amide bonds. The van der Waals surface area contributed by atoms with E-state index in [0.717, 1.165) is 17.0 Å². The summed E-state index contributed by atoms with van der Waals surface area (Å²) in [5, 5.41) is 3.24. The van der Waals surface area contributed by atoms with Gasteiger partial charge in [-0.15, -0.1) is 0 Å². The lowest BCUT2D eigenvalue weighted by Gasteiger charge is -2.07. The monoisotopic (exact) mass is 243 g/mol. The van der Waals surface area contributed by atoms with Crippen molar-refractivity contribution in [2.75, 3.05) is 5.32 Å². The minimum absolute atomic E-state index is 0.0342. The van der Waals surface area contributed by atoms with Crippen LogP contribution in [0.5, 0.6) is 0 Å². The van der Waals surface area contributed by atoms with Crippen molar-refractivity contribution < 1.29 is 9.21 Å². The molecule has 1 N–H and O–H groups in total. The molecule has 0 bridgehead atoms. The van der Waals surface area contributed by atoms with E-state index < -0.39 is 0 Å². The van der Waals surface area contributed by atoms with Crippen LogP contribution in [-0.2, 0) is 6.54 Å². The minimum atomic E-state index is 0.0342. The van der Waals surface area contributed by atoms with E-state index in [1.807, 2.05) is 50.2 Å².